The molecule has 2 heterocycles. The van der Waals surface area contributed by atoms with E-state index in [4.69, 9.17) is 4.42 Å². The maximum absolute atomic E-state index is 13.6. The monoisotopic (exact) mass is 299 g/mol. The van der Waals surface area contributed by atoms with Gasteiger partial charge in [0, 0.05) is 24.4 Å². The van der Waals surface area contributed by atoms with Crippen molar-refractivity contribution in [2.24, 2.45) is 0 Å². The second kappa shape index (κ2) is 4.92. The van der Waals surface area contributed by atoms with Gasteiger partial charge in [0.15, 0.2) is 11.6 Å². The predicted octanol–water partition coefficient (Wildman–Crippen LogP) is 4.29. The third-order valence-electron chi connectivity index (χ3n) is 4.37. The van der Waals surface area contributed by atoms with Gasteiger partial charge in [-0.15, -0.1) is 0 Å². The Morgan fingerprint density at radius 3 is 2.77 bits per heavy atom. The van der Waals surface area contributed by atoms with Gasteiger partial charge in [0.05, 0.1) is 6.26 Å². The third kappa shape index (κ3) is 2.11. The minimum Gasteiger partial charge on any atom is -0.464 e. The third-order valence-corrected chi connectivity index (χ3v) is 4.37. The molecule has 1 unspecified atom stereocenters. The van der Waals surface area contributed by atoms with Gasteiger partial charge in [0.2, 0.25) is 0 Å². The molecule has 0 N–H and O–H groups in total. The van der Waals surface area contributed by atoms with Crippen molar-refractivity contribution in [1.82, 2.24) is 4.90 Å². The van der Waals surface area contributed by atoms with Gasteiger partial charge in [0.1, 0.15) is 5.58 Å². The van der Waals surface area contributed by atoms with Crippen LogP contribution in [0.15, 0.2) is 47.1 Å². The molecule has 4 rings (SSSR count). The summed E-state index contributed by atoms with van der Waals surface area (Å²) >= 11 is 0. The van der Waals surface area contributed by atoms with Gasteiger partial charge in [-0.3, -0.25) is 0 Å². The second-order valence-corrected chi connectivity index (χ2v) is 5.93. The molecule has 0 fully saturated rings. The molecule has 2 aromatic carbocycles. The van der Waals surface area contributed by atoms with Crippen molar-refractivity contribution in [2.75, 3.05) is 13.6 Å². The van der Waals surface area contributed by atoms with Crippen molar-refractivity contribution in [3.63, 3.8) is 0 Å². The predicted molar refractivity (Wildman–Crippen MR) is 80.7 cm³/mol. The van der Waals surface area contributed by atoms with Crippen LogP contribution >= 0.6 is 0 Å². The number of hydrogen-bond acceptors (Lipinski definition) is 2. The van der Waals surface area contributed by atoms with Gasteiger partial charge in [-0.2, -0.15) is 0 Å². The number of rotatable bonds is 1. The van der Waals surface area contributed by atoms with Crippen LogP contribution in [0.2, 0.25) is 0 Å². The van der Waals surface area contributed by atoms with Crippen LogP contribution in [0.3, 0.4) is 0 Å². The van der Waals surface area contributed by atoms with Crippen molar-refractivity contribution in [3.8, 4) is 0 Å². The van der Waals surface area contributed by atoms with Crippen LogP contribution in [0.4, 0.5) is 8.78 Å². The molecule has 0 aliphatic carbocycles. The minimum atomic E-state index is -0.807. The second-order valence-electron chi connectivity index (χ2n) is 5.93. The highest BCUT2D eigenvalue weighted by Gasteiger charge is 2.26. The van der Waals surface area contributed by atoms with E-state index in [-0.39, 0.29) is 5.92 Å². The van der Waals surface area contributed by atoms with E-state index in [2.05, 4.69) is 11.0 Å². The van der Waals surface area contributed by atoms with E-state index in [0.29, 0.717) is 0 Å². The smallest absolute Gasteiger partial charge is 0.159 e. The average molecular weight is 299 g/mol. The van der Waals surface area contributed by atoms with Crippen molar-refractivity contribution in [1.29, 1.82) is 0 Å². The molecule has 0 amide bonds. The summed E-state index contributed by atoms with van der Waals surface area (Å²) < 4.78 is 32.3. The van der Waals surface area contributed by atoms with E-state index in [0.717, 1.165) is 35.2 Å². The van der Waals surface area contributed by atoms with Crippen molar-refractivity contribution in [2.45, 2.75) is 12.5 Å². The van der Waals surface area contributed by atoms with Gasteiger partial charge < -0.3 is 9.32 Å². The zero-order valence-electron chi connectivity index (χ0n) is 12.1. The van der Waals surface area contributed by atoms with Crippen LogP contribution < -0.4 is 0 Å². The van der Waals surface area contributed by atoms with E-state index in [1.165, 1.54) is 17.7 Å². The minimum absolute atomic E-state index is 0.0307. The number of fused-ring (bicyclic) bond motifs is 2. The Hall–Kier alpha value is -2.20. The summed E-state index contributed by atoms with van der Waals surface area (Å²) in [4.78, 5) is 2.18. The van der Waals surface area contributed by atoms with Crippen LogP contribution in [0.25, 0.3) is 11.0 Å². The Morgan fingerprint density at radius 2 is 1.95 bits per heavy atom. The number of hydrogen-bond donors (Lipinski definition) is 0. The molecule has 0 bridgehead atoms. The summed E-state index contributed by atoms with van der Waals surface area (Å²) in [7, 11) is 2.03. The summed E-state index contributed by atoms with van der Waals surface area (Å²) in [6.07, 6.45) is 1.67. The maximum Gasteiger partial charge on any atom is 0.159 e. The molecule has 1 atom stereocenters. The average Bonchev–Trinajstić information content (AvgIpc) is 2.94. The zero-order valence-corrected chi connectivity index (χ0v) is 12.1. The molecule has 22 heavy (non-hydrogen) atoms. The highest BCUT2D eigenvalue weighted by molar-refractivity contribution is 5.79. The molecule has 0 saturated heterocycles. The molecule has 0 radical (unpaired) electrons. The lowest BCUT2D eigenvalue weighted by atomic mass is 9.84. The highest BCUT2D eigenvalue weighted by atomic mass is 19.2. The van der Waals surface area contributed by atoms with Gasteiger partial charge in [-0.25, -0.2) is 8.78 Å². The molecule has 112 valence electrons. The van der Waals surface area contributed by atoms with E-state index in [1.54, 1.807) is 12.3 Å². The van der Waals surface area contributed by atoms with Crippen LogP contribution in [0.5, 0.6) is 0 Å². The lowest BCUT2D eigenvalue weighted by molar-refractivity contribution is 0.295. The number of halogens is 2. The Morgan fingerprint density at radius 1 is 1.09 bits per heavy atom. The molecular formula is C18H15F2NO. The Bertz CT molecular complexity index is 855. The van der Waals surface area contributed by atoms with Crippen LogP contribution in [0.1, 0.15) is 22.6 Å². The van der Waals surface area contributed by atoms with E-state index < -0.39 is 11.6 Å². The van der Waals surface area contributed by atoms with Crippen LogP contribution in [0, 0.1) is 11.6 Å². The van der Waals surface area contributed by atoms with Crippen molar-refractivity contribution < 1.29 is 13.2 Å². The maximum atomic E-state index is 13.6. The van der Waals surface area contributed by atoms with Gasteiger partial charge in [-0.05, 0) is 54.1 Å². The molecule has 2 nitrogen and oxygen atoms in total. The topological polar surface area (TPSA) is 16.4 Å². The summed E-state index contributed by atoms with van der Waals surface area (Å²) in [6.45, 7) is 1.60. The molecule has 1 aliphatic rings. The first-order valence-corrected chi connectivity index (χ1v) is 7.25. The number of nitrogens with zero attached hydrogens (tertiary/aromatic N) is 1. The number of benzene rings is 2. The molecule has 1 aliphatic heterocycles. The SMILES string of the molecule is CN1Cc2cc3occc3cc2C(c2ccc(F)c(F)c2)C1. The van der Waals surface area contributed by atoms with Crippen LogP contribution in [-0.4, -0.2) is 18.5 Å². The summed E-state index contributed by atoms with van der Waals surface area (Å²) in [6, 6.07) is 10.3. The van der Waals surface area contributed by atoms with E-state index in [1.807, 2.05) is 19.2 Å². The first-order valence-electron chi connectivity index (χ1n) is 7.25. The summed E-state index contributed by atoms with van der Waals surface area (Å²) in [5, 5.41) is 1.04. The number of furan rings is 1. The Kier molecular flexibility index (Phi) is 3.01. The fraction of sp³-hybridized carbons (Fsp3) is 0.222. The lowest BCUT2D eigenvalue weighted by Gasteiger charge is -2.32. The quantitative estimate of drug-likeness (QED) is 0.666. The summed E-state index contributed by atoms with van der Waals surface area (Å²) in [5.41, 5.74) is 4.00. The zero-order chi connectivity index (χ0) is 15.3. The lowest BCUT2D eigenvalue weighted by Crippen LogP contribution is -2.31. The Balaban J connectivity index is 1.88. The Labute approximate surface area is 127 Å². The molecule has 1 aromatic heterocycles. The van der Waals surface area contributed by atoms with Crippen LogP contribution in [-0.2, 0) is 6.54 Å². The number of likely N-dealkylation sites (N-methyl/N-ethyl adjacent to an activating group) is 1. The fourth-order valence-corrected chi connectivity index (χ4v) is 3.31. The fourth-order valence-electron chi connectivity index (χ4n) is 3.31. The first kappa shape index (κ1) is 13.5. The van der Waals surface area contributed by atoms with E-state index in [9.17, 15) is 8.78 Å². The van der Waals surface area contributed by atoms with E-state index >= 15 is 0 Å². The van der Waals surface area contributed by atoms with Gasteiger partial charge in [-0.1, -0.05) is 6.07 Å². The first-order chi connectivity index (χ1) is 10.6. The van der Waals surface area contributed by atoms with Crippen molar-refractivity contribution >= 4 is 11.0 Å². The normalized spacial score (nSPS) is 18.6. The molecular weight excluding hydrogens is 284 g/mol. The van der Waals surface area contributed by atoms with Crippen molar-refractivity contribution in [3.05, 3.63) is 71.0 Å². The largest absolute Gasteiger partial charge is 0.464 e. The van der Waals surface area contributed by atoms with Gasteiger partial charge >= 0.3 is 0 Å². The van der Waals surface area contributed by atoms with Gasteiger partial charge in [0.25, 0.3) is 0 Å². The molecule has 4 heteroatoms. The standard InChI is InChI=1S/C18H15F2NO/c1-21-9-13-8-18-12(4-5-22-18)6-14(13)15(10-21)11-2-3-16(19)17(20)7-11/h2-8,15H,9-10H2,1H3. The summed E-state index contributed by atoms with van der Waals surface area (Å²) in [5.74, 6) is -1.57. The molecule has 0 spiro atoms. The molecule has 0 saturated carbocycles. The molecule has 3 aromatic rings. The highest BCUT2D eigenvalue weighted by Crippen LogP contribution is 2.36.